The molecule has 0 aromatic rings. The maximum atomic E-state index is 9.07. The first-order valence-corrected chi connectivity index (χ1v) is 5.48. The molecule has 2 heterocycles. The average molecular weight is 184 g/mol. The third-order valence-electron chi connectivity index (χ3n) is 3.34. The van der Waals surface area contributed by atoms with Gasteiger partial charge in [-0.3, -0.25) is 0 Å². The molecule has 0 unspecified atom stereocenters. The minimum Gasteiger partial charge on any atom is -0.395 e. The molecule has 0 radical (unpaired) electrons. The molecule has 0 aliphatic carbocycles. The molecule has 0 bridgehead atoms. The summed E-state index contributed by atoms with van der Waals surface area (Å²) in [7, 11) is 0. The highest BCUT2D eigenvalue weighted by atomic mass is 16.3. The lowest BCUT2D eigenvalue weighted by atomic mass is 9.99. The van der Waals surface area contributed by atoms with Gasteiger partial charge in [-0.25, -0.2) is 0 Å². The summed E-state index contributed by atoms with van der Waals surface area (Å²) in [5.74, 6) is 0. The fourth-order valence-electron chi connectivity index (χ4n) is 2.56. The van der Waals surface area contributed by atoms with Crippen LogP contribution < -0.4 is 5.32 Å². The van der Waals surface area contributed by atoms with E-state index in [-0.39, 0.29) is 0 Å². The molecule has 2 aliphatic rings. The SMILES string of the molecule is OC[C@@H]1C[C@@H](N2CCCC2)CCN1. The molecule has 2 rings (SSSR count). The number of likely N-dealkylation sites (tertiary alicyclic amines) is 1. The van der Waals surface area contributed by atoms with Crippen molar-refractivity contribution in [1.82, 2.24) is 10.2 Å². The van der Waals surface area contributed by atoms with Crippen LogP contribution in [-0.2, 0) is 0 Å². The van der Waals surface area contributed by atoms with Gasteiger partial charge >= 0.3 is 0 Å². The summed E-state index contributed by atoms with van der Waals surface area (Å²) < 4.78 is 0. The summed E-state index contributed by atoms with van der Waals surface area (Å²) in [5, 5.41) is 12.4. The first-order chi connectivity index (χ1) is 6.40. The number of nitrogens with zero attached hydrogens (tertiary/aromatic N) is 1. The van der Waals surface area contributed by atoms with E-state index in [0.717, 1.165) is 19.0 Å². The van der Waals surface area contributed by atoms with Crippen LogP contribution in [0.1, 0.15) is 25.7 Å². The van der Waals surface area contributed by atoms with Crippen molar-refractivity contribution in [2.45, 2.75) is 37.8 Å². The van der Waals surface area contributed by atoms with Crippen LogP contribution in [0.5, 0.6) is 0 Å². The third-order valence-corrected chi connectivity index (χ3v) is 3.34. The Morgan fingerprint density at radius 1 is 1.31 bits per heavy atom. The van der Waals surface area contributed by atoms with Gasteiger partial charge in [0.15, 0.2) is 0 Å². The zero-order valence-electron chi connectivity index (χ0n) is 8.21. The maximum absolute atomic E-state index is 9.07. The Hall–Kier alpha value is -0.120. The predicted molar refractivity (Wildman–Crippen MR) is 52.7 cm³/mol. The summed E-state index contributed by atoms with van der Waals surface area (Å²) in [6, 6.07) is 1.08. The number of nitrogens with one attached hydrogen (secondary N) is 1. The Morgan fingerprint density at radius 2 is 2.08 bits per heavy atom. The topological polar surface area (TPSA) is 35.5 Å². The molecule has 2 saturated heterocycles. The molecule has 13 heavy (non-hydrogen) atoms. The van der Waals surface area contributed by atoms with Gasteiger partial charge in [0.05, 0.1) is 6.61 Å². The monoisotopic (exact) mass is 184 g/mol. The van der Waals surface area contributed by atoms with Crippen molar-refractivity contribution < 1.29 is 5.11 Å². The fraction of sp³-hybridized carbons (Fsp3) is 1.00. The van der Waals surface area contributed by atoms with E-state index in [1.54, 1.807) is 0 Å². The molecule has 2 N–H and O–H groups in total. The van der Waals surface area contributed by atoms with Crippen molar-refractivity contribution in [2.75, 3.05) is 26.2 Å². The highest BCUT2D eigenvalue weighted by molar-refractivity contribution is 4.85. The van der Waals surface area contributed by atoms with Crippen LogP contribution in [0.3, 0.4) is 0 Å². The molecule has 0 aromatic carbocycles. The summed E-state index contributed by atoms with van der Waals surface area (Å²) in [6.45, 7) is 3.93. The highest BCUT2D eigenvalue weighted by Gasteiger charge is 2.27. The number of aliphatic hydroxyl groups is 1. The third kappa shape index (κ3) is 2.22. The zero-order chi connectivity index (χ0) is 9.10. The first kappa shape index (κ1) is 9.44. The van der Waals surface area contributed by atoms with E-state index in [0.29, 0.717) is 12.6 Å². The minimum atomic E-state index is 0.296. The summed E-state index contributed by atoms with van der Waals surface area (Å²) in [5.41, 5.74) is 0. The predicted octanol–water partition coefficient (Wildman–Crippen LogP) is 0.195. The van der Waals surface area contributed by atoms with Crippen molar-refractivity contribution >= 4 is 0 Å². The van der Waals surface area contributed by atoms with Crippen LogP contribution >= 0.6 is 0 Å². The minimum absolute atomic E-state index is 0.296. The molecule has 0 spiro atoms. The van der Waals surface area contributed by atoms with E-state index in [2.05, 4.69) is 10.2 Å². The van der Waals surface area contributed by atoms with Crippen molar-refractivity contribution in [3.8, 4) is 0 Å². The second-order valence-corrected chi connectivity index (χ2v) is 4.25. The van der Waals surface area contributed by atoms with Crippen LogP contribution in [0.15, 0.2) is 0 Å². The molecular weight excluding hydrogens is 164 g/mol. The molecule has 3 nitrogen and oxygen atoms in total. The van der Waals surface area contributed by atoms with E-state index in [1.807, 2.05) is 0 Å². The second kappa shape index (κ2) is 4.40. The van der Waals surface area contributed by atoms with Crippen LogP contribution in [-0.4, -0.2) is 48.3 Å². The number of aliphatic hydroxyl groups excluding tert-OH is 1. The molecule has 2 atom stereocenters. The fourth-order valence-corrected chi connectivity index (χ4v) is 2.56. The molecule has 3 heteroatoms. The van der Waals surface area contributed by atoms with Crippen LogP contribution in [0.2, 0.25) is 0 Å². The van der Waals surface area contributed by atoms with Gasteiger partial charge < -0.3 is 15.3 Å². The maximum Gasteiger partial charge on any atom is 0.0585 e. The normalized spacial score (nSPS) is 36.7. The molecule has 0 amide bonds. The van der Waals surface area contributed by atoms with Crippen molar-refractivity contribution in [2.24, 2.45) is 0 Å². The van der Waals surface area contributed by atoms with E-state index in [9.17, 15) is 0 Å². The number of hydrogen-bond acceptors (Lipinski definition) is 3. The summed E-state index contributed by atoms with van der Waals surface area (Å²) >= 11 is 0. The Balaban J connectivity index is 1.84. The van der Waals surface area contributed by atoms with Gasteiger partial charge in [-0.1, -0.05) is 0 Å². The smallest absolute Gasteiger partial charge is 0.0585 e. The second-order valence-electron chi connectivity index (χ2n) is 4.25. The van der Waals surface area contributed by atoms with Gasteiger partial charge in [0.2, 0.25) is 0 Å². The Morgan fingerprint density at radius 3 is 2.77 bits per heavy atom. The van der Waals surface area contributed by atoms with Gasteiger partial charge in [0.25, 0.3) is 0 Å². The van der Waals surface area contributed by atoms with Crippen molar-refractivity contribution in [3.05, 3.63) is 0 Å². The Labute approximate surface area is 80.1 Å². The summed E-state index contributed by atoms with van der Waals surface area (Å²) in [4.78, 5) is 2.60. The largest absolute Gasteiger partial charge is 0.395 e. The van der Waals surface area contributed by atoms with Crippen LogP contribution in [0, 0.1) is 0 Å². The van der Waals surface area contributed by atoms with E-state index in [1.165, 1.54) is 32.4 Å². The highest BCUT2D eigenvalue weighted by Crippen LogP contribution is 2.20. The lowest BCUT2D eigenvalue weighted by molar-refractivity contribution is 0.140. The van der Waals surface area contributed by atoms with Gasteiger partial charge in [-0.05, 0) is 45.3 Å². The van der Waals surface area contributed by atoms with E-state index in [4.69, 9.17) is 5.11 Å². The van der Waals surface area contributed by atoms with Crippen molar-refractivity contribution in [3.63, 3.8) is 0 Å². The summed E-state index contributed by atoms with van der Waals surface area (Å²) in [6.07, 6.45) is 5.13. The first-order valence-electron chi connectivity index (χ1n) is 5.48. The van der Waals surface area contributed by atoms with Gasteiger partial charge in [0, 0.05) is 12.1 Å². The Kier molecular flexibility index (Phi) is 3.19. The van der Waals surface area contributed by atoms with Crippen molar-refractivity contribution in [1.29, 1.82) is 0 Å². The van der Waals surface area contributed by atoms with Crippen LogP contribution in [0.25, 0.3) is 0 Å². The lowest BCUT2D eigenvalue weighted by Crippen LogP contribution is -2.48. The average Bonchev–Trinajstić information content (AvgIpc) is 2.71. The number of rotatable bonds is 2. The van der Waals surface area contributed by atoms with Gasteiger partial charge in [0.1, 0.15) is 0 Å². The molecule has 76 valence electrons. The quantitative estimate of drug-likeness (QED) is 0.643. The molecule has 2 aliphatic heterocycles. The standard InChI is InChI=1S/C10H20N2O/c13-8-9-7-10(3-4-11-9)12-5-1-2-6-12/h9-11,13H,1-8H2/t9-,10-/m0/s1. The van der Waals surface area contributed by atoms with E-state index >= 15 is 0 Å². The molecule has 2 fully saturated rings. The Bertz CT molecular complexity index is 157. The zero-order valence-corrected chi connectivity index (χ0v) is 8.21. The molecular formula is C10H20N2O. The number of piperidine rings is 1. The number of hydrogen-bond donors (Lipinski definition) is 2. The van der Waals surface area contributed by atoms with Gasteiger partial charge in [-0.15, -0.1) is 0 Å². The van der Waals surface area contributed by atoms with E-state index < -0.39 is 0 Å². The molecule has 0 saturated carbocycles. The molecule has 0 aromatic heterocycles. The van der Waals surface area contributed by atoms with Crippen LogP contribution in [0.4, 0.5) is 0 Å². The van der Waals surface area contributed by atoms with Gasteiger partial charge in [-0.2, -0.15) is 0 Å². The lowest BCUT2D eigenvalue weighted by Gasteiger charge is -2.35.